The highest BCUT2D eigenvalue weighted by molar-refractivity contribution is 5.12. The van der Waals surface area contributed by atoms with Gasteiger partial charge in [0.1, 0.15) is 0 Å². The van der Waals surface area contributed by atoms with Gasteiger partial charge in [-0.1, -0.05) is 54.4 Å². The van der Waals surface area contributed by atoms with E-state index in [-0.39, 0.29) is 23.2 Å². The fraction of sp³-hybridized carbons (Fsp3) is 1.00. The lowest BCUT2D eigenvalue weighted by Crippen LogP contribution is -2.69. The highest BCUT2D eigenvalue weighted by Crippen LogP contribution is 2.65. The maximum absolute atomic E-state index is 11.0. The second-order valence-corrected chi connectivity index (χ2v) is 10.2. The van der Waals surface area contributed by atoms with Crippen LogP contribution in [0.3, 0.4) is 0 Å². The first-order valence-corrected chi connectivity index (χ1v) is 10.4. The Morgan fingerprint density at radius 2 is 1.73 bits per heavy atom. The van der Waals surface area contributed by atoms with E-state index in [0.29, 0.717) is 12.3 Å². The molecule has 2 aliphatic carbocycles. The molecule has 5 nitrogen and oxygen atoms in total. The zero-order valence-electron chi connectivity index (χ0n) is 17.4. The van der Waals surface area contributed by atoms with Crippen molar-refractivity contribution in [2.24, 2.45) is 46.2 Å². The highest BCUT2D eigenvalue weighted by Gasteiger charge is 2.66. The molecule has 2 rings (SSSR count). The Balaban J connectivity index is 2.53. The van der Waals surface area contributed by atoms with E-state index in [1.807, 2.05) is 6.92 Å². The first-order valence-electron chi connectivity index (χ1n) is 10.4. The SMILES string of the molecule is CC[C@@H](C)CC[C@H]1[C@@H](C)[C@H](O)[C@H](O)[C@H]2C(C)(C)CC[C@H](C(N)(O)O)[C@]12C. The molecule has 2 saturated carbocycles. The Morgan fingerprint density at radius 1 is 1.15 bits per heavy atom. The summed E-state index contributed by atoms with van der Waals surface area (Å²) < 4.78 is 0. The predicted octanol–water partition coefficient (Wildman–Crippen LogP) is 2.46. The van der Waals surface area contributed by atoms with Crippen LogP contribution in [-0.4, -0.2) is 38.5 Å². The van der Waals surface area contributed by atoms with Gasteiger partial charge in [0.25, 0.3) is 0 Å². The van der Waals surface area contributed by atoms with Crippen LogP contribution >= 0.6 is 0 Å². The molecule has 6 N–H and O–H groups in total. The lowest BCUT2D eigenvalue weighted by atomic mass is 9.41. The molecule has 2 fully saturated rings. The summed E-state index contributed by atoms with van der Waals surface area (Å²) in [4.78, 5) is 0. The molecule has 2 aliphatic rings. The van der Waals surface area contributed by atoms with E-state index in [2.05, 4.69) is 34.6 Å². The van der Waals surface area contributed by atoms with Crippen molar-refractivity contribution in [3.63, 3.8) is 0 Å². The molecule has 0 unspecified atom stereocenters. The van der Waals surface area contributed by atoms with Crippen LogP contribution in [0.25, 0.3) is 0 Å². The summed E-state index contributed by atoms with van der Waals surface area (Å²) in [5, 5.41) is 42.6. The van der Waals surface area contributed by atoms with Crippen LogP contribution < -0.4 is 5.73 Å². The number of hydrogen-bond acceptors (Lipinski definition) is 5. The summed E-state index contributed by atoms with van der Waals surface area (Å²) in [6, 6.07) is 0. The van der Waals surface area contributed by atoms with Crippen LogP contribution in [0.4, 0.5) is 0 Å². The summed E-state index contributed by atoms with van der Waals surface area (Å²) in [5.41, 5.74) is 5.08. The molecule has 5 heteroatoms. The Hall–Kier alpha value is -0.200. The van der Waals surface area contributed by atoms with Crippen molar-refractivity contribution in [2.75, 3.05) is 0 Å². The largest absolute Gasteiger partial charge is 0.390 e. The molecule has 0 radical (unpaired) electrons. The van der Waals surface area contributed by atoms with Crippen molar-refractivity contribution >= 4 is 0 Å². The first kappa shape index (κ1) is 22.1. The third-order valence-electron chi connectivity index (χ3n) is 8.18. The summed E-state index contributed by atoms with van der Waals surface area (Å²) in [7, 11) is 0. The second-order valence-electron chi connectivity index (χ2n) is 10.2. The third kappa shape index (κ3) is 3.58. The average Bonchev–Trinajstić information content (AvgIpc) is 2.50. The lowest BCUT2D eigenvalue weighted by Gasteiger charge is -2.66. The molecule has 0 heterocycles. The molecule has 0 spiro atoms. The van der Waals surface area contributed by atoms with Crippen LogP contribution in [0, 0.1) is 40.4 Å². The minimum absolute atomic E-state index is 0.0756. The van der Waals surface area contributed by atoms with E-state index >= 15 is 0 Å². The van der Waals surface area contributed by atoms with Gasteiger partial charge < -0.3 is 20.4 Å². The van der Waals surface area contributed by atoms with Gasteiger partial charge in [0, 0.05) is 5.92 Å². The van der Waals surface area contributed by atoms with Gasteiger partial charge in [-0.05, 0) is 53.8 Å². The molecule has 0 bridgehead atoms. The smallest absolute Gasteiger partial charge is 0.223 e. The van der Waals surface area contributed by atoms with Gasteiger partial charge in [-0.2, -0.15) is 0 Å². The maximum Gasteiger partial charge on any atom is 0.223 e. The monoisotopic (exact) mass is 371 g/mol. The van der Waals surface area contributed by atoms with Crippen molar-refractivity contribution in [3.05, 3.63) is 0 Å². The third-order valence-corrected chi connectivity index (χ3v) is 8.18. The Morgan fingerprint density at radius 3 is 2.23 bits per heavy atom. The molecule has 0 aromatic rings. The van der Waals surface area contributed by atoms with E-state index in [1.54, 1.807) is 0 Å². The molecule has 0 amide bonds. The number of hydrogen-bond donors (Lipinski definition) is 5. The van der Waals surface area contributed by atoms with Crippen molar-refractivity contribution < 1.29 is 20.4 Å². The zero-order chi connectivity index (χ0) is 20.1. The van der Waals surface area contributed by atoms with Gasteiger partial charge in [0.15, 0.2) is 0 Å². The van der Waals surface area contributed by atoms with Gasteiger partial charge in [-0.25, -0.2) is 0 Å². The van der Waals surface area contributed by atoms with Gasteiger partial charge in [0.2, 0.25) is 5.91 Å². The maximum atomic E-state index is 11.0. The lowest BCUT2D eigenvalue weighted by molar-refractivity contribution is -0.299. The van der Waals surface area contributed by atoms with Gasteiger partial charge in [0.05, 0.1) is 12.2 Å². The fourth-order valence-electron chi connectivity index (χ4n) is 6.59. The van der Waals surface area contributed by atoms with Crippen LogP contribution in [-0.2, 0) is 0 Å². The quantitative estimate of drug-likeness (QED) is 0.477. The molecular weight excluding hydrogens is 330 g/mol. The minimum Gasteiger partial charge on any atom is -0.390 e. The van der Waals surface area contributed by atoms with Crippen LogP contribution in [0.1, 0.15) is 73.6 Å². The minimum atomic E-state index is -2.28. The Kier molecular flexibility index (Phi) is 6.22. The van der Waals surface area contributed by atoms with Crippen LogP contribution in [0.2, 0.25) is 0 Å². The van der Waals surface area contributed by atoms with Crippen molar-refractivity contribution in [1.82, 2.24) is 0 Å². The predicted molar refractivity (Wildman–Crippen MR) is 103 cm³/mol. The second kappa shape index (κ2) is 7.32. The molecule has 154 valence electrons. The van der Waals surface area contributed by atoms with Gasteiger partial charge in [-0.3, -0.25) is 5.73 Å². The molecule has 0 aromatic heterocycles. The van der Waals surface area contributed by atoms with Crippen LogP contribution in [0.5, 0.6) is 0 Å². The fourth-order valence-corrected chi connectivity index (χ4v) is 6.59. The zero-order valence-corrected chi connectivity index (χ0v) is 17.4. The highest BCUT2D eigenvalue weighted by atomic mass is 16.5. The van der Waals surface area contributed by atoms with Crippen molar-refractivity contribution in [3.8, 4) is 0 Å². The van der Waals surface area contributed by atoms with E-state index < -0.39 is 29.5 Å². The molecule has 26 heavy (non-hydrogen) atoms. The van der Waals surface area contributed by atoms with E-state index in [9.17, 15) is 20.4 Å². The molecule has 0 aliphatic heterocycles. The summed E-state index contributed by atoms with van der Waals surface area (Å²) in [5.74, 6) is -2.50. The normalized spacial score (nSPS) is 44.4. The van der Waals surface area contributed by atoms with E-state index in [0.717, 1.165) is 25.7 Å². The summed E-state index contributed by atoms with van der Waals surface area (Å²) in [6.45, 7) is 12.7. The number of rotatable bonds is 5. The standard InChI is InChI=1S/C21H41NO4/c1-7-12(2)8-9-14-13(3)16(23)17(24)18-19(4,5)11-10-15(20(14,18)6)21(22,25)26/h12-18,23-26H,7-11,22H2,1-6H3/t12-,13-,14+,15+,16+,17+,18+,20+/m1/s1. The van der Waals surface area contributed by atoms with E-state index in [1.165, 1.54) is 0 Å². The first-order chi connectivity index (χ1) is 11.8. The van der Waals surface area contributed by atoms with Gasteiger partial charge in [-0.15, -0.1) is 0 Å². The van der Waals surface area contributed by atoms with Crippen molar-refractivity contribution in [2.45, 2.75) is 91.8 Å². The number of nitrogens with two attached hydrogens (primary N) is 1. The van der Waals surface area contributed by atoms with Crippen molar-refractivity contribution in [1.29, 1.82) is 0 Å². The topological polar surface area (TPSA) is 107 Å². The van der Waals surface area contributed by atoms with E-state index in [4.69, 9.17) is 5.73 Å². The molecular formula is C21H41NO4. The molecule has 0 aromatic carbocycles. The number of aliphatic hydroxyl groups is 4. The Labute approximate surface area is 159 Å². The summed E-state index contributed by atoms with van der Waals surface area (Å²) in [6.07, 6.45) is 2.70. The van der Waals surface area contributed by atoms with Gasteiger partial charge >= 0.3 is 0 Å². The Bertz CT molecular complexity index is 489. The average molecular weight is 372 g/mol. The number of fused-ring (bicyclic) bond motifs is 1. The summed E-state index contributed by atoms with van der Waals surface area (Å²) >= 11 is 0. The molecule has 0 saturated heterocycles. The van der Waals surface area contributed by atoms with Crippen LogP contribution in [0.15, 0.2) is 0 Å². The number of aliphatic hydroxyl groups excluding tert-OH is 2. The molecule has 8 atom stereocenters.